The maximum absolute atomic E-state index is 11.9. The second-order valence-corrected chi connectivity index (χ2v) is 15.0. The number of hydrogen-bond donors (Lipinski definition) is 2. The molecule has 4 aromatic rings. The van der Waals surface area contributed by atoms with Crippen molar-refractivity contribution in [3.8, 4) is 46.0 Å². The SMILES string of the molecule is C.COc1cc(Cl)c(O)c(C(=O)C2CC2)c1.COc1ccc(O)c(C(=O)C2CC2)c1.COc1ccc(OC)c(C(=O)C2CC2)c1.COc1ccc(OC)c(C(=O)C2CC2)c1. The molecule has 0 saturated heterocycles. The van der Waals surface area contributed by atoms with Gasteiger partial charge in [-0.05, 0) is 112 Å². The van der Waals surface area contributed by atoms with Crippen molar-refractivity contribution >= 4 is 34.7 Å². The number of aromatic hydroxyl groups is 2. The first-order chi connectivity index (χ1) is 28.4. The molecule has 2 N–H and O–H groups in total. The minimum absolute atomic E-state index is 0. The lowest BCUT2D eigenvalue weighted by Gasteiger charge is -2.08. The summed E-state index contributed by atoms with van der Waals surface area (Å²) in [5.74, 6) is 4.54. The number of carbonyl (C=O) groups excluding carboxylic acids is 4. The van der Waals surface area contributed by atoms with Gasteiger partial charge < -0.3 is 38.6 Å². The van der Waals surface area contributed by atoms with Gasteiger partial charge in [0.15, 0.2) is 23.1 Å². The van der Waals surface area contributed by atoms with Crippen molar-refractivity contribution in [1.29, 1.82) is 0 Å². The van der Waals surface area contributed by atoms with E-state index in [1.807, 2.05) is 0 Å². The predicted octanol–water partition coefficient (Wildman–Crippen LogP) is 9.87. The average molecular weight is 847 g/mol. The molecule has 0 amide bonds. The van der Waals surface area contributed by atoms with E-state index >= 15 is 0 Å². The Hall–Kier alpha value is -5.75. The van der Waals surface area contributed by atoms with Crippen LogP contribution in [-0.4, -0.2) is 76.0 Å². The van der Waals surface area contributed by atoms with Gasteiger partial charge in [-0.1, -0.05) is 19.0 Å². The van der Waals surface area contributed by atoms with E-state index in [4.69, 9.17) is 40.0 Å². The lowest BCUT2D eigenvalue weighted by molar-refractivity contribution is 0.0956. The standard InChI is InChI=1S/2C12H14O3.C11H11ClO3.C11H12O3.CH4/c2*1-14-9-5-6-11(15-2)10(7-9)12(13)8-3-4-8;1-15-7-4-8(10(13)6-2-3-6)11(14)9(12)5-7;1-14-8-4-5-10(12)9(6-8)11(13)7-2-3-7;/h2*5-8H,3-4H2,1-2H3;4-6,14H,2-3H2,1H3;4-7,12H,2-3H2,1H3;1H4. The number of benzene rings is 4. The Balaban J connectivity index is 0.000000175. The number of phenolic OH excluding ortho intramolecular Hbond substituents is 2. The third kappa shape index (κ3) is 12.4. The highest BCUT2D eigenvalue weighted by molar-refractivity contribution is 6.33. The smallest absolute Gasteiger partial charge is 0.169 e. The Morgan fingerprint density at radius 1 is 0.450 bits per heavy atom. The van der Waals surface area contributed by atoms with Crippen LogP contribution in [0.15, 0.2) is 66.7 Å². The number of carbonyl (C=O) groups is 4. The maximum atomic E-state index is 11.9. The molecular weight excluding hydrogens is 792 g/mol. The number of ether oxygens (including phenoxy) is 6. The Labute approximate surface area is 356 Å². The van der Waals surface area contributed by atoms with Crippen molar-refractivity contribution in [3.63, 3.8) is 0 Å². The molecule has 12 nitrogen and oxygen atoms in total. The van der Waals surface area contributed by atoms with Gasteiger partial charge in [0.1, 0.15) is 46.0 Å². The van der Waals surface area contributed by atoms with Crippen LogP contribution in [0.3, 0.4) is 0 Å². The van der Waals surface area contributed by atoms with E-state index < -0.39 is 0 Å². The first-order valence-electron chi connectivity index (χ1n) is 19.4. The highest BCUT2D eigenvalue weighted by atomic mass is 35.5. The minimum Gasteiger partial charge on any atom is -0.507 e. The summed E-state index contributed by atoms with van der Waals surface area (Å²) in [6.45, 7) is 0. The largest absolute Gasteiger partial charge is 0.507 e. The van der Waals surface area contributed by atoms with Crippen LogP contribution >= 0.6 is 11.6 Å². The molecular formula is C47H55ClO12. The minimum atomic E-state index is -0.144. The first-order valence-corrected chi connectivity index (χ1v) is 19.8. The molecule has 4 saturated carbocycles. The van der Waals surface area contributed by atoms with Crippen LogP contribution < -0.4 is 28.4 Å². The lowest BCUT2D eigenvalue weighted by Crippen LogP contribution is -2.04. The van der Waals surface area contributed by atoms with Crippen molar-refractivity contribution in [2.45, 2.75) is 58.8 Å². The molecule has 4 fully saturated rings. The average Bonchev–Trinajstić information content (AvgIpc) is 4.08. The molecule has 0 atom stereocenters. The zero-order chi connectivity index (χ0) is 42.8. The highest BCUT2D eigenvalue weighted by Gasteiger charge is 2.35. The van der Waals surface area contributed by atoms with Crippen LogP contribution in [0, 0.1) is 23.7 Å². The van der Waals surface area contributed by atoms with E-state index in [0.717, 1.165) is 51.4 Å². The summed E-state index contributed by atoms with van der Waals surface area (Å²) in [4.78, 5) is 47.3. The summed E-state index contributed by atoms with van der Waals surface area (Å²) in [6, 6.07) is 18.4. The number of methoxy groups -OCH3 is 6. The molecule has 322 valence electrons. The third-order valence-corrected chi connectivity index (χ3v) is 10.4. The van der Waals surface area contributed by atoms with E-state index in [9.17, 15) is 29.4 Å². The zero-order valence-corrected chi connectivity index (χ0v) is 34.9. The molecule has 0 heterocycles. The molecule has 0 radical (unpaired) electrons. The first kappa shape index (κ1) is 46.9. The molecule has 13 heteroatoms. The quantitative estimate of drug-likeness (QED) is 0.116. The summed E-state index contributed by atoms with van der Waals surface area (Å²) in [5, 5.41) is 19.3. The van der Waals surface area contributed by atoms with Gasteiger partial charge in [0.2, 0.25) is 0 Å². The van der Waals surface area contributed by atoms with E-state index in [2.05, 4.69) is 0 Å². The summed E-state index contributed by atoms with van der Waals surface area (Å²) < 4.78 is 30.5. The predicted molar refractivity (Wildman–Crippen MR) is 228 cm³/mol. The fourth-order valence-corrected chi connectivity index (χ4v) is 6.20. The van der Waals surface area contributed by atoms with E-state index in [1.54, 1.807) is 77.0 Å². The Bertz CT molecular complexity index is 2070. The Kier molecular flexibility index (Phi) is 16.8. The molecule has 4 aliphatic rings. The van der Waals surface area contributed by atoms with Gasteiger partial charge in [0.25, 0.3) is 0 Å². The normalized spacial score (nSPS) is 14.7. The topological polar surface area (TPSA) is 164 Å². The van der Waals surface area contributed by atoms with Crippen LogP contribution in [0.4, 0.5) is 0 Å². The lowest BCUT2D eigenvalue weighted by atomic mass is 10.1. The molecule has 60 heavy (non-hydrogen) atoms. The van der Waals surface area contributed by atoms with E-state index in [-0.39, 0.29) is 76.3 Å². The Morgan fingerprint density at radius 3 is 1.12 bits per heavy atom. The number of Topliss-reactive ketones (excluding diaryl/α,β-unsaturated/α-hetero) is 4. The molecule has 0 aliphatic heterocycles. The van der Waals surface area contributed by atoms with Crippen LogP contribution in [0.25, 0.3) is 0 Å². The second kappa shape index (κ2) is 21.5. The van der Waals surface area contributed by atoms with Crippen LogP contribution in [-0.2, 0) is 0 Å². The summed E-state index contributed by atoms with van der Waals surface area (Å²) in [7, 11) is 9.36. The Morgan fingerprint density at radius 2 is 0.767 bits per heavy atom. The van der Waals surface area contributed by atoms with Crippen LogP contribution in [0.1, 0.15) is 100 Å². The summed E-state index contributed by atoms with van der Waals surface area (Å²) in [5.41, 5.74) is 1.92. The van der Waals surface area contributed by atoms with E-state index in [1.165, 1.54) is 32.4 Å². The van der Waals surface area contributed by atoms with Crippen molar-refractivity contribution < 1.29 is 57.8 Å². The second-order valence-electron chi connectivity index (χ2n) is 14.6. The van der Waals surface area contributed by atoms with Crippen molar-refractivity contribution in [2.24, 2.45) is 23.7 Å². The number of rotatable bonds is 14. The molecule has 0 aromatic heterocycles. The summed E-state index contributed by atoms with van der Waals surface area (Å²) in [6.07, 6.45) is 7.67. The molecule has 8 rings (SSSR count). The van der Waals surface area contributed by atoms with Gasteiger partial charge >= 0.3 is 0 Å². The van der Waals surface area contributed by atoms with Gasteiger partial charge in [-0.2, -0.15) is 0 Å². The molecule has 0 unspecified atom stereocenters. The van der Waals surface area contributed by atoms with Gasteiger partial charge in [-0.15, -0.1) is 0 Å². The number of ketones is 4. The van der Waals surface area contributed by atoms with Gasteiger partial charge in [-0.3, -0.25) is 19.2 Å². The fraction of sp³-hybridized carbons (Fsp3) is 0.404. The number of phenols is 2. The maximum Gasteiger partial charge on any atom is 0.169 e. The molecule has 4 aromatic carbocycles. The van der Waals surface area contributed by atoms with Gasteiger partial charge in [-0.25, -0.2) is 0 Å². The highest BCUT2D eigenvalue weighted by Crippen LogP contribution is 2.40. The van der Waals surface area contributed by atoms with Crippen molar-refractivity contribution in [3.05, 3.63) is 94.0 Å². The monoisotopic (exact) mass is 846 g/mol. The van der Waals surface area contributed by atoms with Crippen LogP contribution in [0.5, 0.6) is 46.0 Å². The van der Waals surface area contributed by atoms with Crippen molar-refractivity contribution in [1.82, 2.24) is 0 Å². The third-order valence-electron chi connectivity index (χ3n) is 10.1. The zero-order valence-electron chi connectivity index (χ0n) is 34.2. The summed E-state index contributed by atoms with van der Waals surface area (Å²) >= 11 is 5.78. The van der Waals surface area contributed by atoms with Gasteiger partial charge in [0.05, 0.1) is 69.9 Å². The number of halogens is 1. The molecule has 4 aliphatic carbocycles. The van der Waals surface area contributed by atoms with Crippen LogP contribution in [0.2, 0.25) is 5.02 Å². The number of hydrogen-bond acceptors (Lipinski definition) is 12. The van der Waals surface area contributed by atoms with Crippen molar-refractivity contribution in [2.75, 3.05) is 42.7 Å². The molecule has 0 spiro atoms. The molecule has 0 bridgehead atoms. The van der Waals surface area contributed by atoms with E-state index in [0.29, 0.717) is 51.2 Å². The van der Waals surface area contributed by atoms with Gasteiger partial charge in [0, 0.05) is 29.7 Å². The fourth-order valence-electron chi connectivity index (χ4n) is 5.99.